The van der Waals surface area contributed by atoms with E-state index in [0.717, 1.165) is 18.5 Å². The highest BCUT2D eigenvalue weighted by molar-refractivity contribution is 5.03. The van der Waals surface area contributed by atoms with Crippen molar-refractivity contribution in [3.8, 4) is 6.07 Å². The number of aromatic nitrogens is 1. The summed E-state index contributed by atoms with van der Waals surface area (Å²) in [6.07, 6.45) is 4.22. The largest absolute Gasteiger partial charge is 0.261 e. The first-order valence-corrected chi connectivity index (χ1v) is 3.70. The van der Waals surface area contributed by atoms with Gasteiger partial charge in [-0.25, -0.2) is 0 Å². The van der Waals surface area contributed by atoms with Crippen LogP contribution in [0.4, 0.5) is 0 Å². The number of pyridine rings is 1. The van der Waals surface area contributed by atoms with E-state index in [4.69, 9.17) is 5.26 Å². The van der Waals surface area contributed by atoms with Crippen LogP contribution >= 0.6 is 0 Å². The van der Waals surface area contributed by atoms with Crippen LogP contribution in [0.5, 0.6) is 0 Å². The van der Waals surface area contributed by atoms with Crippen LogP contribution in [0.25, 0.3) is 0 Å². The first kappa shape index (κ1) is 7.74. The van der Waals surface area contributed by atoms with Gasteiger partial charge < -0.3 is 0 Å². The molecule has 0 amide bonds. The summed E-state index contributed by atoms with van der Waals surface area (Å²) in [7, 11) is 0. The predicted octanol–water partition coefficient (Wildman–Crippen LogP) is 1.93. The van der Waals surface area contributed by atoms with Crippen molar-refractivity contribution in [3.63, 3.8) is 0 Å². The number of aryl methyl sites for hydroxylation is 1. The third-order valence-corrected chi connectivity index (χ3v) is 1.45. The molecular weight excluding hydrogens is 136 g/mol. The predicted molar refractivity (Wildman–Crippen MR) is 42.8 cm³/mol. The molecule has 56 valence electrons. The topological polar surface area (TPSA) is 36.7 Å². The summed E-state index contributed by atoms with van der Waals surface area (Å²) in [5.41, 5.74) is 1.07. The number of nitrogens with zero attached hydrogens (tertiary/aromatic N) is 2. The van der Waals surface area contributed by atoms with E-state index in [1.54, 1.807) is 6.20 Å². The van der Waals surface area contributed by atoms with Gasteiger partial charge >= 0.3 is 0 Å². The minimum atomic E-state index is 0.622. The molecule has 11 heavy (non-hydrogen) atoms. The summed E-state index contributed by atoms with van der Waals surface area (Å²) in [5.74, 6) is 0. The molecule has 0 aliphatic carbocycles. The van der Waals surface area contributed by atoms with Gasteiger partial charge in [0.15, 0.2) is 0 Å². The van der Waals surface area contributed by atoms with Gasteiger partial charge in [-0.15, -0.1) is 0 Å². The Morgan fingerprint density at radius 1 is 1.45 bits per heavy atom. The Kier molecular flexibility index (Phi) is 3.14. The van der Waals surface area contributed by atoms with E-state index in [0.29, 0.717) is 6.42 Å². The average Bonchev–Trinajstić information content (AvgIpc) is 2.07. The minimum Gasteiger partial charge on any atom is -0.261 e. The highest BCUT2D eigenvalue weighted by Gasteiger charge is 1.90. The summed E-state index contributed by atoms with van der Waals surface area (Å²) in [6.45, 7) is 0. The quantitative estimate of drug-likeness (QED) is 0.611. The summed E-state index contributed by atoms with van der Waals surface area (Å²) >= 11 is 0. The molecule has 0 bridgehead atoms. The smallest absolute Gasteiger partial charge is 0.0621 e. The molecule has 1 rings (SSSR count). The molecular formula is C9H10N2. The zero-order valence-electron chi connectivity index (χ0n) is 6.33. The Bertz CT molecular complexity index is 235. The van der Waals surface area contributed by atoms with Crippen LogP contribution in [-0.4, -0.2) is 4.98 Å². The number of hydrogen-bond acceptors (Lipinski definition) is 2. The van der Waals surface area contributed by atoms with E-state index in [2.05, 4.69) is 11.1 Å². The highest BCUT2D eigenvalue weighted by atomic mass is 14.7. The third kappa shape index (κ3) is 2.81. The molecule has 1 aromatic rings. The van der Waals surface area contributed by atoms with Crippen LogP contribution in [0, 0.1) is 11.3 Å². The molecule has 2 nitrogen and oxygen atoms in total. The van der Waals surface area contributed by atoms with Crippen molar-refractivity contribution in [2.75, 3.05) is 0 Å². The van der Waals surface area contributed by atoms with E-state index >= 15 is 0 Å². The second kappa shape index (κ2) is 4.45. The van der Waals surface area contributed by atoms with Gasteiger partial charge in [0.2, 0.25) is 0 Å². The van der Waals surface area contributed by atoms with E-state index in [1.165, 1.54) is 0 Å². The molecule has 0 aromatic carbocycles. The molecule has 0 unspecified atom stereocenters. The summed E-state index contributed by atoms with van der Waals surface area (Å²) in [6, 6.07) is 7.96. The maximum atomic E-state index is 8.27. The average molecular weight is 146 g/mol. The van der Waals surface area contributed by atoms with E-state index in [-0.39, 0.29) is 0 Å². The standard InChI is InChI=1S/C9H10N2/c10-7-3-1-5-9-6-2-4-8-11-9/h2,4,6,8H,1,3,5H2. The monoisotopic (exact) mass is 146 g/mol. The Labute approximate surface area is 66.5 Å². The van der Waals surface area contributed by atoms with E-state index in [1.807, 2.05) is 18.2 Å². The Morgan fingerprint density at radius 2 is 2.36 bits per heavy atom. The first-order valence-electron chi connectivity index (χ1n) is 3.70. The van der Waals surface area contributed by atoms with Crippen molar-refractivity contribution in [2.24, 2.45) is 0 Å². The van der Waals surface area contributed by atoms with Crippen molar-refractivity contribution in [1.29, 1.82) is 5.26 Å². The Balaban J connectivity index is 2.35. The number of hydrogen-bond donors (Lipinski definition) is 0. The number of unbranched alkanes of at least 4 members (excludes halogenated alkanes) is 1. The molecule has 0 atom stereocenters. The SMILES string of the molecule is N#CCCCc1ccccn1. The molecule has 0 saturated heterocycles. The van der Waals surface area contributed by atoms with Gasteiger partial charge in [-0.05, 0) is 25.0 Å². The molecule has 0 N–H and O–H groups in total. The van der Waals surface area contributed by atoms with Gasteiger partial charge in [-0.2, -0.15) is 5.26 Å². The molecule has 0 fully saturated rings. The molecule has 0 aliphatic heterocycles. The first-order chi connectivity index (χ1) is 5.43. The van der Waals surface area contributed by atoms with Gasteiger partial charge in [-0.3, -0.25) is 4.98 Å². The second-order valence-electron chi connectivity index (χ2n) is 2.33. The lowest BCUT2D eigenvalue weighted by Gasteiger charge is -1.94. The lowest BCUT2D eigenvalue weighted by molar-refractivity contribution is 0.824. The molecule has 0 aliphatic rings. The van der Waals surface area contributed by atoms with Crippen molar-refractivity contribution >= 4 is 0 Å². The maximum absolute atomic E-state index is 8.27. The van der Waals surface area contributed by atoms with Crippen molar-refractivity contribution < 1.29 is 0 Å². The van der Waals surface area contributed by atoms with Crippen LogP contribution in [0.1, 0.15) is 18.5 Å². The molecule has 0 spiro atoms. The second-order valence-corrected chi connectivity index (χ2v) is 2.33. The fourth-order valence-corrected chi connectivity index (χ4v) is 0.895. The van der Waals surface area contributed by atoms with E-state index in [9.17, 15) is 0 Å². The van der Waals surface area contributed by atoms with Gasteiger partial charge in [-0.1, -0.05) is 6.07 Å². The maximum Gasteiger partial charge on any atom is 0.0621 e. The number of rotatable bonds is 3. The fraction of sp³-hybridized carbons (Fsp3) is 0.333. The fourth-order valence-electron chi connectivity index (χ4n) is 0.895. The van der Waals surface area contributed by atoms with Crippen LogP contribution in [0.3, 0.4) is 0 Å². The minimum absolute atomic E-state index is 0.622. The lowest BCUT2D eigenvalue weighted by Crippen LogP contribution is -1.87. The summed E-state index contributed by atoms with van der Waals surface area (Å²) < 4.78 is 0. The molecule has 0 radical (unpaired) electrons. The molecule has 0 saturated carbocycles. The number of nitriles is 1. The van der Waals surface area contributed by atoms with E-state index < -0.39 is 0 Å². The van der Waals surface area contributed by atoms with Gasteiger partial charge in [0.05, 0.1) is 6.07 Å². The normalized spacial score (nSPS) is 9.00. The molecule has 2 heteroatoms. The van der Waals surface area contributed by atoms with Crippen LogP contribution in [-0.2, 0) is 6.42 Å². The van der Waals surface area contributed by atoms with Crippen LogP contribution in [0.2, 0.25) is 0 Å². The Hall–Kier alpha value is -1.36. The Morgan fingerprint density at radius 3 is 3.00 bits per heavy atom. The summed E-state index contributed by atoms with van der Waals surface area (Å²) in [4.78, 5) is 4.14. The summed E-state index contributed by atoms with van der Waals surface area (Å²) in [5, 5.41) is 8.27. The zero-order valence-corrected chi connectivity index (χ0v) is 6.33. The lowest BCUT2D eigenvalue weighted by atomic mass is 10.2. The van der Waals surface area contributed by atoms with Crippen molar-refractivity contribution in [1.82, 2.24) is 4.98 Å². The molecule has 1 aromatic heterocycles. The third-order valence-electron chi connectivity index (χ3n) is 1.45. The highest BCUT2D eigenvalue weighted by Crippen LogP contribution is 1.99. The van der Waals surface area contributed by atoms with Crippen molar-refractivity contribution in [2.45, 2.75) is 19.3 Å². The van der Waals surface area contributed by atoms with Crippen LogP contribution in [0.15, 0.2) is 24.4 Å². The van der Waals surface area contributed by atoms with Gasteiger partial charge in [0.25, 0.3) is 0 Å². The van der Waals surface area contributed by atoms with Crippen LogP contribution < -0.4 is 0 Å². The zero-order chi connectivity index (χ0) is 7.94. The van der Waals surface area contributed by atoms with Gasteiger partial charge in [0, 0.05) is 18.3 Å². The van der Waals surface area contributed by atoms with Crippen molar-refractivity contribution in [3.05, 3.63) is 30.1 Å². The van der Waals surface area contributed by atoms with Gasteiger partial charge in [0.1, 0.15) is 0 Å². The molecule has 1 heterocycles.